The van der Waals surface area contributed by atoms with Crippen LogP contribution < -0.4 is 5.73 Å². The van der Waals surface area contributed by atoms with Crippen molar-refractivity contribution < 1.29 is 0 Å². The van der Waals surface area contributed by atoms with Crippen molar-refractivity contribution in [3.8, 4) is 11.3 Å². The van der Waals surface area contributed by atoms with Gasteiger partial charge in [0.15, 0.2) is 0 Å². The molecule has 5 heteroatoms. The van der Waals surface area contributed by atoms with E-state index >= 15 is 0 Å². The Balaban J connectivity index is 1.82. The van der Waals surface area contributed by atoms with Gasteiger partial charge >= 0.3 is 0 Å². The number of likely N-dealkylation sites (tertiary alicyclic amines) is 1. The third-order valence-corrected chi connectivity index (χ3v) is 4.62. The molecule has 0 saturated carbocycles. The second-order valence-electron chi connectivity index (χ2n) is 7.01. The van der Waals surface area contributed by atoms with Crippen molar-refractivity contribution in [1.29, 1.82) is 0 Å². The van der Waals surface area contributed by atoms with Crippen molar-refractivity contribution in [1.82, 2.24) is 19.7 Å². The quantitative estimate of drug-likeness (QED) is 0.942. The SMILES string of the molecule is Cn1cc(CN2CCC(N)C(C)(C)C2)c(-c2cccnc2)n1. The summed E-state index contributed by atoms with van der Waals surface area (Å²) in [5, 5.41) is 4.62. The smallest absolute Gasteiger partial charge is 0.0983 e. The number of hydrogen-bond acceptors (Lipinski definition) is 4. The number of piperidine rings is 1. The normalized spacial score (nSPS) is 21.9. The summed E-state index contributed by atoms with van der Waals surface area (Å²) in [6.07, 6.45) is 6.84. The molecule has 3 rings (SSSR count). The third-order valence-electron chi connectivity index (χ3n) is 4.62. The first kappa shape index (κ1) is 15.2. The van der Waals surface area contributed by atoms with Gasteiger partial charge in [-0.1, -0.05) is 13.8 Å². The zero-order valence-electron chi connectivity index (χ0n) is 13.7. The highest BCUT2D eigenvalue weighted by Gasteiger charge is 2.33. The Morgan fingerprint density at radius 1 is 1.41 bits per heavy atom. The maximum atomic E-state index is 6.24. The summed E-state index contributed by atoms with van der Waals surface area (Å²) in [5.74, 6) is 0. The molecule has 0 spiro atoms. The lowest BCUT2D eigenvalue weighted by atomic mass is 9.79. The molecule has 1 aliphatic rings. The molecule has 2 aromatic rings. The van der Waals surface area contributed by atoms with Gasteiger partial charge in [0.1, 0.15) is 0 Å². The molecule has 2 aromatic heterocycles. The van der Waals surface area contributed by atoms with Crippen LogP contribution in [0, 0.1) is 5.41 Å². The topological polar surface area (TPSA) is 60.0 Å². The molecule has 2 N–H and O–H groups in total. The van der Waals surface area contributed by atoms with Crippen molar-refractivity contribution in [2.45, 2.75) is 32.9 Å². The van der Waals surface area contributed by atoms with E-state index in [1.54, 1.807) is 6.20 Å². The minimum absolute atomic E-state index is 0.162. The standard InChI is InChI=1S/C17H25N5/c1-17(2)12-22(8-6-15(17)18)11-14-10-21(3)20-16(14)13-5-4-7-19-9-13/h4-5,7,9-10,15H,6,8,11-12,18H2,1-3H3. The lowest BCUT2D eigenvalue weighted by Crippen LogP contribution is -2.52. The zero-order chi connectivity index (χ0) is 15.7. The first-order valence-electron chi connectivity index (χ1n) is 7.86. The zero-order valence-corrected chi connectivity index (χ0v) is 13.7. The molecule has 0 amide bonds. The second-order valence-corrected chi connectivity index (χ2v) is 7.01. The van der Waals surface area contributed by atoms with E-state index in [4.69, 9.17) is 5.73 Å². The molecule has 1 atom stereocenters. The van der Waals surface area contributed by atoms with Gasteiger partial charge in [-0.25, -0.2) is 0 Å². The Kier molecular flexibility index (Phi) is 4.02. The van der Waals surface area contributed by atoms with Gasteiger partial charge in [0.05, 0.1) is 5.69 Å². The fraction of sp³-hybridized carbons (Fsp3) is 0.529. The van der Waals surface area contributed by atoms with E-state index in [0.29, 0.717) is 0 Å². The van der Waals surface area contributed by atoms with Crippen LogP contribution >= 0.6 is 0 Å². The van der Waals surface area contributed by atoms with Gasteiger partial charge in [-0.2, -0.15) is 5.10 Å². The highest BCUT2D eigenvalue weighted by molar-refractivity contribution is 5.61. The van der Waals surface area contributed by atoms with Crippen LogP contribution in [0.15, 0.2) is 30.7 Å². The highest BCUT2D eigenvalue weighted by atomic mass is 15.3. The van der Waals surface area contributed by atoms with Gasteiger partial charge in [-0.15, -0.1) is 0 Å². The summed E-state index contributed by atoms with van der Waals surface area (Å²) >= 11 is 0. The summed E-state index contributed by atoms with van der Waals surface area (Å²) < 4.78 is 1.89. The number of aromatic nitrogens is 3. The molecule has 1 unspecified atom stereocenters. The van der Waals surface area contributed by atoms with Gasteiger partial charge in [0, 0.05) is 62.4 Å². The molecule has 22 heavy (non-hydrogen) atoms. The Bertz CT molecular complexity index is 632. The van der Waals surface area contributed by atoms with Crippen LogP contribution in [-0.4, -0.2) is 38.8 Å². The van der Waals surface area contributed by atoms with Crippen molar-refractivity contribution in [2.24, 2.45) is 18.2 Å². The Morgan fingerprint density at radius 2 is 2.23 bits per heavy atom. The summed E-state index contributed by atoms with van der Waals surface area (Å²) in [5.41, 5.74) is 9.76. The molecule has 1 saturated heterocycles. The maximum absolute atomic E-state index is 6.24. The molecule has 118 valence electrons. The molecule has 0 bridgehead atoms. The first-order valence-corrected chi connectivity index (χ1v) is 7.86. The van der Waals surface area contributed by atoms with Gasteiger partial charge < -0.3 is 5.73 Å². The molecule has 0 radical (unpaired) electrons. The summed E-state index contributed by atoms with van der Waals surface area (Å²) in [6.45, 7) is 7.50. The van der Waals surface area contributed by atoms with Crippen LogP contribution in [0.1, 0.15) is 25.8 Å². The molecule has 1 fully saturated rings. The fourth-order valence-corrected chi connectivity index (χ4v) is 3.26. The van der Waals surface area contributed by atoms with Crippen LogP contribution in [0.2, 0.25) is 0 Å². The molecule has 1 aliphatic heterocycles. The molecule has 0 aliphatic carbocycles. The molecule has 3 heterocycles. The minimum Gasteiger partial charge on any atom is -0.327 e. The van der Waals surface area contributed by atoms with Crippen molar-refractivity contribution >= 4 is 0 Å². The van der Waals surface area contributed by atoms with Crippen LogP contribution in [-0.2, 0) is 13.6 Å². The van der Waals surface area contributed by atoms with Crippen molar-refractivity contribution in [3.63, 3.8) is 0 Å². The van der Waals surface area contributed by atoms with Crippen molar-refractivity contribution in [2.75, 3.05) is 13.1 Å². The van der Waals surface area contributed by atoms with E-state index in [2.05, 4.69) is 41.1 Å². The average Bonchev–Trinajstić information content (AvgIpc) is 2.84. The van der Waals surface area contributed by atoms with Crippen LogP contribution in [0.3, 0.4) is 0 Å². The van der Waals surface area contributed by atoms with Crippen LogP contribution in [0.25, 0.3) is 11.3 Å². The van der Waals surface area contributed by atoms with E-state index in [1.165, 1.54) is 5.56 Å². The van der Waals surface area contributed by atoms with Gasteiger partial charge in [-0.3, -0.25) is 14.6 Å². The molecule has 0 aromatic carbocycles. The third kappa shape index (κ3) is 3.05. The molecular formula is C17H25N5. The number of aryl methyl sites for hydroxylation is 1. The van der Waals surface area contributed by atoms with Gasteiger partial charge in [-0.05, 0) is 24.0 Å². The number of nitrogens with zero attached hydrogens (tertiary/aromatic N) is 4. The lowest BCUT2D eigenvalue weighted by Gasteiger charge is -2.42. The van der Waals surface area contributed by atoms with E-state index in [0.717, 1.165) is 37.3 Å². The predicted octanol–water partition coefficient (Wildman–Crippen LogP) is 2.04. The number of rotatable bonds is 3. The number of hydrogen-bond donors (Lipinski definition) is 1. The summed E-state index contributed by atoms with van der Waals surface area (Å²) in [4.78, 5) is 6.70. The Hall–Kier alpha value is -1.72. The van der Waals surface area contributed by atoms with E-state index in [9.17, 15) is 0 Å². The van der Waals surface area contributed by atoms with Crippen LogP contribution in [0.4, 0.5) is 0 Å². The van der Waals surface area contributed by atoms with E-state index in [-0.39, 0.29) is 11.5 Å². The summed E-state index contributed by atoms with van der Waals surface area (Å²) in [6, 6.07) is 4.31. The average molecular weight is 299 g/mol. The second kappa shape index (κ2) is 5.82. The molecule has 5 nitrogen and oxygen atoms in total. The minimum atomic E-state index is 0.162. The van der Waals surface area contributed by atoms with Crippen LogP contribution in [0.5, 0.6) is 0 Å². The number of pyridine rings is 1. The first-order chi connectivity index (χ1) is 10.5. The largest absolute Gasteiger partial charge is 0.327 e. The maximum Gasteiger partial charge on any atom is 0.0983 e. The number of nitrogens with two attached hydrogens (primary N) is 1. The van der Waals surface area contributed by atoms with E-state index < -0.39 is 0 Å². The highest BCUT2D eigenvalue weighted by Crippen LogP contribution is 2.30. The predicted molar refractivity (Wildman–Crippen MR) is 88.1 cm³/mol. The molecular weight excluding hydrogens is 274 g/mol. The Morgan fingerprint density at radius 3 is 2.91 bits per heavy atom. The van der Waals surface area contributed by atoms with Gasteiger partial charge in [0.2, 0.25) is 0 Å². The van der Waals surface area contributed by atoms with Gasteiger partial charge in [0.25, 0.3) is 0 Å². The monoisotopic (exact) mass is 299 g/mol. The Labute approximate surface area is 132 Å². The summed E-state index contributed by atoms with van der Waals surface area (Å²) in [7, 11) is 1.97. The lowest BCUT2D eigenvalue weighted by molar-refractivity contribution is 0.0900. The van der Waals surface area contributed by atoms with Crippen molar-refractivity contribution in [3.05, 3.63) is 36.3 Å². The fourth-order valence-electron chi connectivity index (χ4n) is 3.26. The van der Waals surface area contributed by atoms with E-state index in [1.807, 2.05) is 24.0 Å².